The normalized spacial score (nSPS) is 14.8. The maximum absolute atomic E-state index is 9.46. The van der Waals surface area contributed by atoms with Gasteiger partial charge in [-0.15, -0.1) is 0 Å². The molecule has 2 N–H and O–H groups in total. The Morgan fingerprint density at radius 3 is 2.62 bits per heavy atom. The van der Waals surface area contributed by atoms with Gasteiger partial charge in [-0.1, -0.05) is 35.9 Å². The van der Waals surface area contributed by atoms with Crippen molar-refractivity contribution in [2.45, 2.75) is 39.7 Å². The maximum atomic E-state index is 9.46. The Morgan fingerprint density at radius 2 is 1.85 bits per heavy atom. The lowest BCUT2D eigenvalue weighted by Crippen LogP contribution is -2.22. The number of aliphatic hydroxyl groups is 1. The predicted molar refractivity (Wildman–Crippen MR) is 153 cm³/mol. The molecule has 0 amide bonds. The second-order valence-corrected chi connectivity index (χ2v) is 10.2. The summed E-state index contributed by atoms with van der Waals surface area (Å²) in [6, 6.07) is 10.6. The monoisotopic (exact) mass is 522 g/mol. The van der Waals surface area contributed by atoms with Gasteiger partial charge in [0, 0.05) is 62.5 Å². The average molecular weight is 523 g/mol. The van der Waals surface area contributed by atoms with Crippen LogP contribution in [0.2, 0.25) is 0 Å². The number of hydrogen-bond donors (Lipinski definition) is 2. The highest BCUT2D eigenvalue weighted by atomic mass is 16.3. The van der Waals surface area contributed by atoms with Gasteiger partial charge in [-0.2, -0.15) is 10.2 Å². The van der Waals surface area contributed by atoms with Crippen LogP contribution in [-0.4, -0.2) is 59.2 Å². The Kier molecular flexibility index (Phi) is 6.74. The molecule has 0 atom stereocenters. The molecule has 1 aliphatic heterocycles. The first kappa shape index (κ1) is 25.1. The van der Waals surface area contributed by atoms with Crippen molar-refractivity contribution in [3.63, 3.8) is 0 Å². The third-order valence-electron chi connectivity index (χ3n) is 7.45. The Labute approximate surface area is 228 Å². The zero-order chi connectivity index (χ0) is 26.9. The summed E-state index contributed by atoms with van der Waals surface area (Å²) in [5.41, 5.74) is 10.0. The van der Waals surface area contributed by atoms with E-state index in [4.69, 9.17) is 10.1 Å². The summed E-state index contributed by atoms with van der Waals surface area (Å²) < 4.78 is 3.85. The summed E-state index contributed by atoms with van der Waals surface area (Å²) in [4.78, 5) is 11.7. The molecule has 4 aromatic rings. The highest BCUT2D eigenvalue weighted by molar-refractivity contribution is 5.85. The first-order valence-corrected chi connectivity index (χ1v) is 13.6. The standard InChI is InChI=1S/C30H34N8O/c1-4-38-14-12-26(35-38)32-30-31-18-23-9-10-25-27(28(23)33-30)29(36(3)34-25)22-7-5-21(6-8-22)24-17-20(2)11-13-37(19-24)15-16-39/h5-8,12,14,17-19,39H,4,9-11,13,15-16H2,1-3H3,(H,31,32,33,35). The molecular weight excluding hydrogens is 488 g/mol. The maximum Gasteiger partial charge on any atom is 0.228 e. The SMILES string of the molecule is CCn1ccc(Nc2ncc3c(n2)-c2c(nn(C)c2-c2ccc(C4=CN(CCO)CCC(C)=C4)cc2)CC3)n1. The molecule has 4 heterocycles. The van der Waals surface area contributed by atoms with E-state index in [0.717, 1.165) is 83.1 Å². The number of nitrogens with one attached hydrogen (secondary N) is 1. The molecule has 0 saturated carbocycles. The van der Waals surface area contributed by atoms with Gasteiger partial charge < -0.3 is 15.3 Å². The van der Waals surface area contributed by atoms with Gasteiger partial charge in [0.1, 0.15) is 0 Å². The lowest BCUT2D eigenvalue weighted by atomic mass is 9.91. The van der Waals surface area contributed by atoms with Gasteiger partial charge >= 0.3 is 0 Å². The lowest BCUT2D eigenvalue weighted by molar-refractivity contribution is 0.238. The summed E-state index contributed by atoms with van der Waals surface area (Å²) >= 11 is 0. The number of hydrogen-bond acceptors (Lipinski definition) is 7. The predicted octanol–water partition coefficient (Wildman–Crippen LogP) is 4.59. The molecule has 0 unspecified atom stereocenters. The summed E-state index contributed by atoms with van der Waals surface area (Å²) in [6.45, 7) is 6.75. The Balaban J connectivity index is 1.35. The van der Waals surface area contributed by atoms with Gasteiger partial charge in [-0.3, -0.25) is 9.36 Å². The van der Waals surface area contributed by atoms with E-state index in [9.17, 15) is 5.11 Å². The lowest BCUT2D eigenvalue weighted by Gasteiger charge is -2.18. The van der Waals surface area contributed by atoms with E-state index < -0.39 is 0 Å². The molecule has 6 rings (SSSR count). The molecule has 1 aliphatic carbocycles. The third kappa shape index (κ3) is 4.97. The Hall–Kier alpha value is -4.24. The summed E-state index contributed by atoms with van der Waals surface area (Å²) in [6.07, 6.45) is 11.0. The first-order chi connectivity index (χ1) is 19.0. The van der Waals surface area contributed by atoms with Crippen molar-refractivity contribution in [1.82, 2.24) is 34.4 Å². The van der Waals surface area contributed by atoms with Gasteiger partial charge in [0.05, 0.1) is 23.7 Å². The molecule has 0 fully saturated rings. The number of aromatic nitrogens is 6. The van der Waals surface area contributed by atoms with Crippen molar-refractivity contribution in [1.29, 1.82) is 0 Å². The van der Waals surface area contributed by atoms with Crippen molar-refractivity contribution < 1.29 is 5.11 Å². The second kappa shape index (κ2) is 10.5. The number of fused-ring (bicyclic) bond motifs is 3. The molecule has 0 bridgehead atoms. The van der Waals surface area contributed by atoms with Crippen LogP contribution in [0.25, 0.3) is 28.1 Å². The van der Waals surface area contributed by atoms with E-state index in [1.54, 1.807) is 0 Å². The number of aryl methyl sites for hydroxylation is 4. The zero-order valence-electron chi connectivity index (χ0n) is 22.7. The topological polar surface area (TPSA) is 96.9 Å². The number of allylic oxidation sites excluding steroid dienone is 2. The number of aliphatic hydroxyl groups excluding tert-OH is 1. The van der Waals surface area contributed by atoms with Crippen LogP contribution < -0.4 is 5.32 Å². The van der Waals surface area contributed by atoms with Crippen LogP contribution in [0, 0.1) is 0 Å². The first-order valence-electron chi connectivity index (χ1n) is 13.6. The molecule has 39 heavy (non-hydrogen) atoms. The van der Waals surface area contributed by atoms with Crippen LogP contribution in [0.3, 0.4) is 0 Å². The van der Waals surface area contributed by atoms with Gasteiger partial charge in [-0.25, -0.2) is 9.97 Å². The molecule has 2 aliphatic rings. The Bertz CT molecular complexity index is 1560. The number of anilines is 2. The quantitative estimate of drug-likeness (QED) is 0.367. The van der Waals surface area contributed by atoms with Crippen LogP contribution in [0.15, 0.2) is 60.6 Å². The minimum atomic E-state index is 0.150. The van der Waals surface area contributed by atoms with E-state index in [-0.39, 0.29) is 6.61 Å². The van der Waals surface area contributed by atoms with Gasteiger partial charge in [0.2, 0.25) is 5.95 Å². The van der Waals surface area contributed by atoms with E-state index in [1.807, 2.05) is 34.9 Å². The van der Waals surface area contributed by atoms with Crippen molar-refractivity contribution in [3.8, 4) is 22.5 Å². The second-order valence-electron chi connectivity index (χ2n) is 10.2. The van der Waals surface area contributed by atoms with Gasteiger partial charge in [-0.05, 0) is 49.8 Å². The van der Waals surface area contributed by atoms with Crippen molar-refractivity contribution in [2.75, 3.05) is 25.0 Å². The molecule has 0 radical (unpaired) electrons. The fourth-order valence-electron chi connectivity index (χ4n) is 5.41. The third-order valence-corrected chi connectivity index (χ3v) is 7.45. The molecule has 3 aromatic heterocycles. The molecule has 9 nitrogen and oxygen atoms in total. The highest BCUT2D eigenvalue weighted by Crippen LogP contribution is 2.40. The molecule has 9 heteroatoms. The van der Waals surface area contributed by atoms with Crippen LogP contribution in [0.1, 0.15) is 37.1 Å². The van der Waals surface area contributed by atoms with E-state index in [0.29, 0.717) is 12.5 Å². The number of nitrogens with zero attached hydrogens (tertiary/aromatic N) is 7. The van der Waals surface area contributed by atoms with Crippen LogP contribution >= 0.6 is 0 Å². The number of β-amino-alcohol motifs (C(OH)–C–C–N with tert-alkyl or cyclic N) is 1. The molecule has 0 saturated heterocycles. The summed E-state index contributed by atoms with van der Waals surface area (Å²) in [5.74, 6) is 1.26. The fourth-order valence-corrected chi connectivity index (χ4v) is 5.41. The van der Waals surface area contributed by atoms with E-state index in [2.05, 4.69) is 70.7 Å². The summed E-state index contributed by atoms with van der Waals surface area (Å²) in [5, 5.41) is 22.1. The van der Waals surface area contributed by atoms with E-state index >= 15 is 0 Å². The molecule has 1 aromatic carbocycles. The minimum Gasteiger partial charge on any atom is -0.395 e. The highest BCUT2D eigenvalue weighted by Gasteiger charge is 2.27. The fraction of sp³-hybridized carbons (Fsp3) is 0.333. The van der Waals surface area contributed by atoms with E-state index in [1.165, 1.54) is 5.57 Å². The van der Waals surface area contributed by atoms with Crippen LogP contribution in [-0.2, 0) is 26.4 Å². The number of rotatable bonds is 7. The zero-order valence-corrected chi connectivity index (χ0v) is 22.7. The summed E-state index contributed by atoms with van der Waals surface area (Å²) in [7, 11) is 2.01. The van der Waals surface area contributed by atoms with Crippen molar-refractivity contribution >= 4 is 17.3 Å². The Morgan fingerprint density at radius 1 is 1.03 bits per heavy atom. The van der Waals surface area contributed by atoms with Crippen molar-refractivity contribution in [2.24, 2.45) is 7.05 Å². The molecule has 200 valence electrons. The van der Waals surface area contributed by atoms with Gasteiger partial charge in [0.15, 0.2) is 5.82 Å². The van der Waals surface area contributed by atoms with Gasteiger partial charge in [0.25, 0.3) is 0 Å². The van der Waals surface area contributed by atoms with Crippen LogP contribution in [0.4, 0.5) is 11.8 Å². The van der Waals surface area contributed by atoms with Crippen LogP contribution in [0.5, 0.6) is 0 Å². The number of benzene rings is 1. The minimum absolute atomic E-state index is 0.150. The average Bonchev–Trinajstić information content (AvgIpc) is 3.49. The smallest absolute Gasteiger partial charge is 0.228 e. The molecule has 0 spiro atoms. The van der Waals surface area contributed by atoms with Crippen molar-refractivity contribution in [3.05, 3.63) is 77.4 Å². The largest absolute Gasteiger partial charge is 0.395 e. The molecular formula is C30H34N8O.